The molecule has 2 aliphatic rings. The van der Waals surface area contributed by atoms with Gasteiger partial charge in [-0.15, -0.1) is 0 Å². The Bertz CT molecular complexity index is 624. The van der Waals surface area contributed by atoms with Crippen molar-refractivity contribution in [2.45, 2.75) is 50.8 Å². The molecule has 7 nitrogen and oxygen atoms in total. The van der Waals surface area contributed by atoms with Gasteiger partial charge in [-0.25, -0.2) is 4.98 Å². The largest absolute Gasteiger partial charge is 0.380 e. The molecule has 118 valence electrons. The van der Waals surface area contributed by atoms with Crippen molar-refractivity contribution in [1.82, 2.24) is 25.2 Å². The molecule has 0 bridgehead atoms. The summed E-state index contributed by atoms with van der Waals surface area (Å²) in [6.07, 6.45) is 7.25. The minimum Gasteiger partial charge on any atom is -0.380 e. The van der Waals surface area contributed by atoms with Gasteiger partial charge in [-0.1, -0.05) is 5.16 Å². The van der Waals surface area contributed by atoms with E-state index < -0.39 is 0 Å². The number of nitrogens with one attached hydrogen (secondary N) is 1. The van der Waals surface area contributed by atoms with Crippen molar-refractivity contribution in [3.05, 3.63) is 29.2 Å². The van der Waals surface area contributed by atoms with Crippen molar-refractivity contribution in [3.8, 4) is 0 Å². The maximum absolute atomic E-state index is 5.55. The van der Waals surface area contributed by atoms with Crippen LogP contribution in [0.5, 0.6) is 0 Å². The van der Waals surface area contributed by atoms with Gasteiger partial charge in [0.15, 0.2) is 0 Å². The average molecular weight is 303 g/mol. The van der Waals surface area contributed by atoms with E-state index in [1.54, 1.807) is 13.4 Å². The molecule has 0 radical (unpaired) electrons. The van der Waals surface area contributed by atoms with Gasteiger partial charge in [0.25, 0.3) is 0 Å². The SMILES string of the molecule is CO[C@@H]1C[C@@H](c2ncn[nH]2)N(Cc2noc3c2CCCC3)C1. The molecule has 1 aliphatic heterocycles. The number of rotatable bonds is 4. The van der Waals surface area contributed by atoms with Gasteiger partial charge < -0.3 is 9.26 Å². The van der Waals surface area contributed by atoms with E-state index in [0.29, 0.717) is 0 Å². The standard InChI is InChI=1S/C15H21N5O2/c1-21-10-6-13(15-16-9-17-18-15)20(7-10)8-12-11-4-2-3-5-14(11)22-19-12/h9-10,13H,2-8H2,1H3,(H,16,17,18)/t10-,13+/m1/s1. The van der Waals surface area contributed by atoms with Gasteiger partial charge in [-0.05, 0) is 25.7 Å². The number of H-pyrrole nitrogens is 1. The van der Waals surface area contributed by atoms with Crippen molar-refractivity contribution in [1.29, 1.82) is 0 Å². The summed E-state index contributed by atoms with van der Waals surface area (Å²) < 4.78 is 11.1. The molecule has 3 heterocycles. The minimum absolute atomic E-state index is 0.198. The molecule has 0 spiro atoms. The molecule has 1 N–H and O–H groups in total. The summed E-state index contributed by atoms with van der Waals surface area (Å²) >= 11 is 0. The van der Waals surface area contributed by atoms with Crippen LogP contribution in [0, 0.1) is 0 Å². The van der Waals surface area contributed by atoms with Crippen molar-refractivity contribution in [3.63, 3.8) is 0 Å². The third kappa shape index (κ3) is 2.44. The first-order valence-corrected chi connectivity index (χ1v) is 7.93. The fourth-order valence-corrected chi connectivity index (χ4v) is 3.63. The molecule has 4 rings (SSSR count). The topological polar surface area (TPSA) is 80.1 Å². The number of fused-ring (bicyclic) bond motifs is 1. The Morgan fingerprint density at radius 1 is 1.41 bits per heavy atom. The van der Waals surface area contributed by atoms with Gasteiger partial charge in [0.05, 0.1) is 12.1 Å². The molecule has 2 atom stereocenters. The first kappa shape index (κ1) is 13.9. The number of aromatic nitrogens is 4. The van der Waals surface area contributed by atoms with Gasteiger partial charge in [0.1, 0.15) is 23.6 Å². The van der Waals surface area contributed by atoms with E-state index in [4.69, 9.17) is 9.26 Å². The maximum atomic E-state index is 5.55. The Kier molecular flexibility index (Phi) is 3.67. The first-order valence-electron chi connectivity index (χ1n) is 7.93. The lowest BCUT2D eigenvalue weighted by molar-refractivity contribution is 0.107. The second-order valence-corrected chi connectivity index (χ2v) is 6.15. The number of hydrogen-bond donors (Lipinski definition) is 1. The summed E-state index contributed by atoms with van der Waals surface area (Å²) in [5.41, 5.74) is 2.40. The van der Waals surface area contributed by atoms with Crippen LogP contribution in [0.2, 0.25) is 0 Å². The van der Waals surface area contributed by atoms with Crippen molar-refractivity contribution in [2.75, 3.05) is 13.7 Å². The second-order valence-electron chi connectivity index (χ2n) is 6.15. The van der Waals surface area contributed by atoms with Gasteiger partial charge >= 0.3 is 0 Å². The number of hydrogen-bond acceptors (Lipinski definition) is 6. The molecule has 2 aromatic rings. The molecule has 1 saturated heterocycles. The van der Waals surface area contributed by atoms with Crippen LogP contribution in [0.1, 0.15) is 48.1 Å². The Labute approximate surface area is 129 Å². The van der Waals surface area contributed by atoms with E-state index >= 15 is 0 Å². The third-order valence-corrected chi connectivity index (χ3v) is 4.83. The molecule has 1 fully saturated rings. The molecule has 0 saturated carbocycles. The Morgan fingerprint density at radius 2 is 2.32 bits per heavy atom. The molecule has 1 aliphatic carbocycles. The Balaban J connectivity index is 1.56. The van der Waals surface area contributed by atoms with E-state index in [2.05, 4.69) is 25.2 Å². The van der Waals surface area contributed by atoms with Crippen molar-refractivity contribution < 1.29 is 9.26 Å². The van der Waals surface area contributed by atoms with Crippen molar-refractivity contribution >= 4 is 0 Å². The predicted octanol–water partition coefficient (Wildman–Crippen LogP) is 1.63. The molecular formula is C15H21N5O2. The molecule has 0 aromatic carbocycles. The average Bonchev–Trinajstić information content (AvgIpc) is 3.27. The molecule has 0 amide bonds. The van der Waals surface area contributed by atoms with E-state index in [1.165, 1.54) is 18.4 Å². The van der Waals surface area contributed by atoms with Crippen LogP contribution in [0.25, 0.3) is 0 Å². The van der Waals surface area contributed by atoms with E-state index in [9.17, 15) is 0 Å². The van der Waals surface area contributed by atoms with Crippen LogP contribution >= 0.6 is 0 Å². The van der Waals surface area contributed by atoms with Crippen LogP contribution < -0.4 is 0 Å². The fourth-order valence-electron chi connectivity index (χ4n) is 3.63. The Hall–Kier alpha value is -1.73. The van der Waals surface area contributed by atoms with E-state index in [0.717, 1.165) is 49.6 Å². The molecule has 0 unspecified atom stereocenters. The normalized spacial score (nSPS) is 25.5. The lowest BCUT2D eigenvalue weighted by Crippen LogP contribution is -2.26. The lowest BCUT2D eigenvalue weighted by Gasteiger charge is -2.21. The van der Waals surface area contributed by atoms with Crippen molar-refractivity contribution in [2.24, 2.45) is 0 Å². The summed E-state index contributed by atoms with van der Waals surface area (Å²) in [7, 11) is 1.77. The number of aryl methyl sites for hydroxylation is 1. The van der Waals surface area contributed by atoms with Crippen LogP contribution in [-0.4, -0.2) is 45.0 Å². The highest BCUT2D eigenvalue weighted by Crippen LogP contribution is 2.34. The minimum atomic E-state index is 0.198. The van der Waals surface area contributed by atoms with E-state index in [1.807, 2.05) is 0 Å². The summed E-state index contributed by atoms with van der Waals surface area (Å²) in [5, 5.41) is 11.3. The zero-order valence-electron chi connectivity index (χ0n) is 12.8. The number of likely N-dealkylation sites (tertiary alicyclic amines) is 1. The van der Waals surface area contributed by atoms with Crippen LogP contribution in [0.4, 0.5) is 0 Å². The summed E-state index contributed by atoms with van der Waals surface area (Å²) in [5.74, 6) is 1.98. The number of methoxy groups -OCH3 is 1. The number of nitrogens with zero attached hydrogens (tertiary/aromatic N) is 4. The highest BCUT2D eigenvalue weighted by Gasteiger charge is 2.36. The number of ether oxygens (including phenoxy) is 1. The summed E-state index contributed by atoms with van der Waals surface area (Å²) in [4.78, 5) is 6.69. The maximum Gasteiger partial charge on any atom is 0.141 e. The Morgan fingerprint density at radius 3 is 3.14 bits per heavy atom. The molecule has 7 heteroatoms. The van der Waals surface area contributed by atoms with Crippen LogP contribution in [0.15, 0.2) is 10.9 Å². The lowest BCUT2D eigenvalue weighted by atomic mass is 9.96. The molecular weight excluding hydrogens is 282 g/mol. The smallest absolute Gasteiger partial charge is 0.141 e. The quantitative estimate of drug-likeness (QED) is 0.925. The fraction of sp³-hybridized carbons (Fsp3) is 0.667. The third-order valence-electron chi connectivity index (χ3n) is 4.83. The monoisotopic (exact) mass is 303 g/mol. The number of aromatic amines is 1. The summed E-state index contributed by atoms with van der Waals surface area (Å²) in [6.45, 7) is 1.66. The summed E-state index contributed by atoms with van der Waals surface area (Å²) in [6, 6.07) is 0.198. The zero-order chi connectivity index (χ0) is 14.9. The zero-order valence-corrected chi connectivity index (χ0v) is 12.8. The predicted molar refractivity (Wildman–Crippen MR) is 78.1 cm³/mol. The second kappa shape index (κ2) is 5.81. The highest BCUT2D eigenvalue weighted by atomic mass is 16.5. The van der Waals surface area contributed by atoms with Crippen LogP contribution in [0.3, 0.4) is 0 Å². The highest BCUT2D eigenvalue weighted by molar-refractivity contribution is 5.25. The van der Waals surface area contributed by atoms with Crippen LogP contribution in [-0.2, 0) is 24.1 Å². The van der Waals surface area contributed by atoms with Gasteiger partial charge in [0, 0.05) is 32.2 Å². The van der Waals surface area contributed by atoms with Gasteiger partial charge in [0.2, 0.25) is 0 Å². The van der Waals surface area contributed by atoms with E-state index in [-0.39, 0.29) is 12.1 Å². The molecule has 2 aromatic heterocycles. The van der Waals surface area contributed by atoms with Gasteiger partial charge in [-0.2, -0.15) is 5.10 Å². The first-order chi connectivity index (χ1) is 10.8. The molecule has 22 heavy (non-hydrogen) atoms. The van der Waals surface area contributed by atoms with Gasteiger partial charge in [-0.3, -0.25) is 10.00 Å².